The van der Waals surface area contributed by atoms with Gasteiger partial charge in [-0.2, -0.15) is 5.10 Å². The van der Waals surface area contributed by atoms with Crippen LogP contribution in [0.15, 0.2) is 11.0 Å². The molecule has 0 bridgehead atoms. The molecule has 1 aromatic rings. The van der Waals surface area contributed by atoms with E-state index in [4.69, 9.17) is 11.6 Å². The topological polar surface area (TPSA) is 61.0 Å². The second-order valence-electron chi connectivity index (χ2n) is 5.16. The number of rotatable bonds is 6. The number of aromatic nitrogens is 2. The van der Waals surface area contributed by atoms with Crippen molar-refractivity contribution in [2.75, 3.05) is 26.0 Å². The smallest absolute Gasteiger partial charge is 0.285 e. The number of aromatic amines is 1. The minimum atomic E-state index is -0.366. The monoisotopic (exact) mass is 272 g/mol. The summed E-state index contributed by atoms with van der Waals surface area (Å²) in [6, 6.07) is 0.237. The lowest BCUT2D eigenvalue weighted by atomic mass is 10.0. The fourth-order valence-electron chi connectivity index (χ4n) is 1.89. The first-order chi connectivity index (χ1) is 8.40. The standard InChI is InChI=1S/C12H21ClN4O/c1-8(2)5-9(7-17(3)4)15-10-6-14-16-12(18)11(10)13/h6,8-9H,5,7H2,1-4H3,(H2,15,16,18). The number of halogens is 1. The molecule has 1 aromatic heterocycles. The highest BCUT2D eigenvalue weighted by Gasteiger charge is 2.14. The SMILES string of the molecule is CC(C)CC(CN(C)C)Nc1cn[nH]c(=O)c1Cl. The van der Waals surface area contributed by atoms with Crippen LogP contribution in [0.1, 0.15) is 20.3 Å². The van der Waals surface area contributed by atoms with E-state index in [1.807, 2.05) is 14.1 Å². The average Bonchev–Trinajstić information content (AvgIpc) is 2.23. The highest BCUT2D eigenvalue weighted by Crippen LogP contribution is 2.18. The van der Waals surface area contributed by atoms with E-state index in [0.717, 1.165) is 13.0 Å². The molecule has 0 saturated carbocycles. The Balaban J connectivity index is 2.81. The lowest BCUT2D eigenvalue weighted by Crippen LogP contribution is -2.34. The van der Waals surface area contributed by atoms with Gasteiger partial charge in [0.05, 0.1) is 11.9 Å². The largest absolute Gasteiger partial charge is 0.378 e. The third-order valence-corrected chi connectivity index (χ3v) is 2.87. The van der Waals surface area contributed by atoms with Gasteiger partial charge in [0.15, 0.2) is 0 Å². The minimum Gasteiger partial charge on any atom is -0.378 e. The van der Waals surface area contributed by atoms with E-state index in [-0.39, 0.29) is 16.6 Å². The summed E-state index contributed by atoms with van der Waals surface area (Å²) in [5, 5.41) is 9.52. The van der Waals surface area contributed by atoms with Crippen molar-refractivity contribution >= 4 is 17.3 Å². The number of nitrogens with zero attached hydrogens (tertiary/aromatic N) is 2. The van der Waals surface area contributed by atoms with Crippen LogP contribution in [0.5, 0.6) is 0 Å². The predicted molar refractivity (Wildman–Crippen MR) is 75.3 cm³/mol. The third-order valence-electron chi connectivity index (χ3n) is 2.50. The fourth-order valence-corrected chi connectivity index (χ4v) is 2.04. The van der Waals surface area contributed by atoms with Crippen molar-refractivity contribution in [1.82, 2.24) is 15.1 Å². The Morgan fingerprint density at radius 3 is 2.72 bits per heavy atom. The Kier molecular flexibility index (Phi) is 5.62. The molecule has 0 fully saturated rings. The van der Waals surface area contributed by atoms with Gasteiger partial charge in [0.1, 0.15) is 5.02 Å². The van der Waals surface area contributed by atoms with Gasteiger partial charge in [-0.05, 0) is 26.4 Å². The van der Waals surface area contributed by atoms with E-state index < -0.39 is 0 Å². The summed E-state index contributed by atoms with van der Waals surface area (Å²) in [6.45, 7) is 5.21. The highest BCUT2D eigenvalue weighted by atomic mass is 35.5. The lowest BCUT2D eigenvalue weighted by Gasteiger charge is -2.25. The van der Waals surface area contributed by atoms with Gasteiger partial charge >= 0.3 is 0 Å². The lowest BCUT2D eigenvalue weighted by molar-refractivity contribution is 0.356. The maximum absolute atomic E-state index is 11.4. The summed E-state index contributed by atoms with van der Waals surface area (Å²) in [5.74, 6) is 0.566. The minimum absolute atomic E-state index is 0.164. The van der Waals surface area contributed by atoms with Crippen LogP contribution in [0, 0.1) is 5.92 Å². The second-order valence-corrected chi connectivity index (χ2v) is 5.54. The molecular formula is C12H21ClN4O. The molecule has 2 N–H and O–H groups in total. The molecule has 1 heterocycles. The molecule has 0 amide bonds. The maximum Gasteiger partial charge on any atom is 0.285 e. The number of hydrogen-bond donors (Lipinski definition) is 2. The first-order valence-corrected chi connectivity index (χ1v) is 6.42. The van der Waals surface area contributed by atoms with Crippen LogP contribution in [0.2, 0.25) is 5.02 Å². The quantitative estimate of drug-likeness (QED) is 0.829. The van der Waals surface area contributed by atoms with Gasteiger partial charge < -0.3 is 10.2 Å². The van der Waals surface area contributed by atoms with Crippen LogP contribution in [0.4, 0.5) is 5.69 Å². The first kappa shape index (κ1) is 15.0. The number of likely N-dealkylation sites (N-methyl/N-ethyl adjacent to an activating group) is 1. The summed E-state index contributed by atoms with van der Waals surface area (Å²) in [7, 11) is 4.04. The van der Waals surface area contributed by atoms with E-state index in [1.165, 1.54) is 0 Å². The molecular weight excluding hydrogens is 252 g/mol. The number of anilines is 1. The van der Waals surface area contributed by atoms with Crippen LogP contribution in [-0.4, -0.2) is 41.8 Å². The zero-order valence-electron chi connectivity index (χ0n) is 11.3. The van der Waals surface area contributed by atoms with E-state index >= 15 is 0 Å². The summed E-state index contributed by atoms with van der Waals surface area (Å²) in [5.41, 5.74) is 0.225. The van der Waals surface area contributed by atoms with Crippen molar-refractivity contribution in [3.05, 3.63) is 21.6 Å². The Bertz CT molecular complexity index is 420. The maximum atomic E-state index is 11.4. The van der Waals surface area contributed by atoms with Crippen LogP contribution in [-0.2, 0) is 0 Å². The van der Waals surface area contributed by atoms with Crippen LogP contribution >= 0.6 is 11.6 Å². The summed E-state index contributed by atoms with van der Waals surface area (Å²) >= 11 is 5.95. The van der Waals surface area contributed by atoms with Gasteiger partial charge in [0.2, 0.25) is 0 Å². The average molecular weight is 273 g/mol. The van der Waals surface area contributed by atoms with Crippen molar-refractivity contribution in [2.45, 2.75) is 26.3 Å². The van der Waals surface area contributed by atoms with Gasteiger partial charge in [0.25, 0.3) is 5.56 Å². The van der Waals surface area contributed by atoms with E-state index in [1.54, 1.807) is 6.20 Å². The van der Waals surface area contributed by atoms with Gasteiger partial charge in [-0.3, -0.25) is 4.79 Å². The van der Waals surface area contributed by atoms with Gasteiger partial charge in [-0.15, -0.1) is 0 Å². The Labute approximate surface area is 113 Å². The molecule has 5 nitrogen and oxygen atoms in total. The fraction of sp³-hybridized carbons (Fsp3) is 0.667. The van der Waals surface area contributed by atoms with Crippen molar-refractivity contribution in [3.63, 3.8) is 0 Å². The zero-order valence-corrected chi connectivity index (χ0v) is 12.1. The second kappa shape index (κ2) is 6.75. The molecule has 102 valence electrons. The molecule has 1 atom stereocenters. The molecule has 0 aliphatic carbocycles. The molecule has 0 aliphatic heterocycles. The number of H-pyrrole nitrogens is 1. The van der Waals surface area contributed by atoms with Crippen molar-refractivity contribution < 1.29 is 0 Å². The van der Waals surface area contributed by atoms with Crippen molar-refractivity contribution in [1.29, 1.82) is 0 Å². The van der Waals surface area contributed by atoms with E-state index in [0.29, 0.717) is 11.6 Å². The summed E-state index contributed by atoms with van der Waals surface area (Å²) < 4.78 is 0. The molecule has 1 unspecified atom stereocenters. The Morgan fingerprint density at radius 2 is 2.17 bits per heavy atom. The normalized spacial score (nSPS) is 13.1. The van der Waals surface area contributed by atoms with E-state index in [9.17, 15) is 4.79 Å². The first-order valence-electron chi connectivity index (χ1n) is 6.04. The molecule has 0 aromatic carbocycles. The molecule has 6 heteroatoms. The molecule has 0 radical (unpaired) electrons. The molecule has 0 spiro atoms. The van der Waals surface area contributed by atoms with Crippen molar-refractivity contribution in [3.8, 4) is 0 Å². The number of nitrogens with one attached hydrogen (secondary N) is 2. The van der Waals surface area contributed by atoms with Crippen LogP contribution in [0.3, 0.4) is 0 Å². The van der Waals surface area contributed by atoms with Crippen LogP contribution in [0.25, 0.3) is 0 Å². The molecule has 1 rings (SSSR count). The predicted octanol–water partition coefficient (Wildman–Crippen LogP) is 1.81. The Morgan fingerprint density at radius 1 is 1.50 bits per heavy atom. The Hall–Kier alpha value is -1.07. The molecule has 18 heavy (non-hydrogen) atoms. The van der Waals surface area contributed by atoms with E-state index in [2.05, 4.69) is 34.3 Å². The summed E-state index contributed by atoms with van der Waals surface area (Å²) in [4.78, 5) is 13.5. The van der Waals surface area contributed by atoms with Gasteiger partial charge in [-0.1, -0.05) is 25.4 Å². The third kappa shape index (κ3) is 4.66. The highest BCUT2D eigenvalue weighted by molar-refractivity contribution is 6.32. The van der Waals surface area contributed by atoms with Crippen molar-refractivity contribution in [2.24, 2.45) is 5.92 Å². The molecule has 0 saturated heterocycles. The number of hydrogen-bond acceptors (Lipinski definition) is 4. The van der Waals surface area contributed by atoms with Crippen LogP contribution < -0.4 is 10.9 Å². The summed E-state index contributed by atoms with van der Waals surface area (Å²) in [6.07, 6.45) is 2.55. The van der Waals surface area contributed by atoms with Gasteiger partial charge in [-0.25, -0.2) is 5.10 Å². The molecule has 0 aliphatic rings. The van der Waals surface area contributed by atoms with Gasteiger partial charge in [0, 0.05) is 12.6 Å². The zero-order chi connectivity index (χ0) is 13.7.